The number of methoxy groups -OCH3 is 1. The molecule has 0 N–H and O–H groups in total. The fraction of sp³-hybridized carbons (Fsp3) is 0.400. The lowest BCUT2D eigenvalue weighted by Crippen LogP contribution is -1.92. The number of aromatic nitrogens is 2. The van der Waals surface area contributed by atoms with Crippen molar-refractivity contribution in [2.75, 3.05) is 7.11 Å². The van der Waals surface area contributed by atoms with Gasteiger partial charge in [-0.2, -0.15) is 0 Å². The summed E-state index contributed by atoms with van der Waals surface area (Å²) in [5.74, 6) is 0. The van der Waals surface area contributed by atoms with Crippen LogP contribution in [0, 0.1) is 6.20 Å². The summed E-state index contributed by atoms with van der Waals surface area (Å²) in [7, 11) is 3.40. The van der Waals surface area contributed by atoms with Crippen LogP contribution in [0.1, 0.15) is 0 Å². The first kappa shape index (κ1) is 5.15. The molecule has 0 aromatic carbocycles. The molecule has 0 saturated carbocycles. The molecule has 8 heavy (non-hydrogen) atoms. The van der Waals surface area contributed by atoms with Crippen LogP contribution in [0.25, 0.3) is 0 Å². The van der Waals surface area contributed by atoms with Crippen molar-refractivity contribution in [3.05, 3.63) is 12.4 Å². The highest BCUT2D eigenvalue weighted by Crippen LogP contribution is 2.00. The van der Waals surface area contributed by atoms with Crippen molar-refractivity contribution in [3.8, 4) is 6.01 Å². The van der Waals surface area contributed by atoms with E-state index in [2.05, 4.69) is 11.2 Å². The van der Waals surface area contributed by atoms with Gasteiger partial charge in [-0.05, 0) is 0 Å². The maximum atomic E-state index is 4.81. The number of aryl methyl sites for hydroxylation is 1. The zero-order valence-corrected chi connectivity index (χ0v) is 4.88. The van der Waals surface area contributed by atoms with E-state index in [0.717, 1.165) is 0 Å². The van der Waals surface area contributed by atoms with E-state index in [9.17, 15) is 0 Å². The summed E-state index contributed by atoms with van der Waals surface area (Å²) in [5.41, 5.74) is 0. The second-order valence-corrected chi connectivity index (χ2v) is 1.43. The van der Waals surface area contributed by atoms with Crippen molar-refractivity contribution in [3.63, 3.8) is 0 Å². The van der Waals surface area contributed by atoms with Crippen LogP contribution in [0.15, 0.2) is 6.20 Å². The zero-order chi connectivity index (χ0) is 5.98. The van der Waals surface area contributed by atoms with E-state index in [1.165, 1.54) is 0 Å². The summed E-state index contributed by atoms with van der Waals surface area (Å²) in [4.78, 5) is 3.82. The maximum absolute atomic E-state index is 4.81. The predicted molar refractivity (Wildman–Crippen MR) is 28.6 cm³/mol. The van der Waals surface area contributed by atoms with E-state index in [-0.39, 0.29) is 0 Å². The van der Waals surface area contributed by atoms with Crippen molar-refractivity contribution >= 4 is 0 Å². The topological polar surface area (TPSA) is 27.1 Å². The summed E-state index contributed by atoms with van der Waals surface area (Å²) in [5, 5.41) is 0. The first-order valence-corrected chi connectivity index (χ1v) is 2.28. The highest BCUT2D eigenvalue weighted by atomic mass is 16.5. The number of rotatable bonds is 1. The number of ether oxygens (including phenoxy) is 1. The summed E-state index contributed by atoms with van der Waals surface area (Å²) < 4.78 is 6.49. The molecule has 0 unspecified atom stereocenters. The van der Waals surface area contributed by atoms with Gasteiger partial charge in [-0.15, -0.1) is 0 Å². The van der Waals surface area contributed by atoms with Gasteiger partial charge >= 0.3 is 0 Å². The minimum atomic E-state index is 0.588. The van der Waals surface area contributed by atoms with Crippen LogP contribution < -0.4 is 4.74 Å². The first-order chi connectivity index (χ1) is 3.84. The van der Waals surface area contributed by atoms with Gasteiger partial charge in [0.05, 0.1) is 19.5 Å². The Morgan fingerprint density at radius 1 is 1.88 bits per heavy atom. The lowest BCUT2D eigenvalue weighted by Gasteiger charge is -1.94. The van der Waals surface area contributed by atoms with E-state index in [4.69, 9.17) is 4.74 Å². The maximum Gasteiger partial charge on any atom is 0.296 e. The molecular weight excluding hydrogens is 104 g/mol. The van der Waals surface area contributed by atoms with Gasteiger partial charge in [-0.1, -0.05) is 0 Å². The molecule has 0 aliphatic heterocycles. The summed E-state index contributed by atoms with van der Waals surface area (Å²) in [6.07, 6.45) is 4.37. The van der Waals surface area contributed by atoms with Crippen LogP contribution in [0.2, 0.25) is 0 Å². The van der Waals surface area contributed by atoms with Crippen LogP contribution in [-0.2, 0) is 7.05 Å². The van der Waals surface area contributed by atoms with E-state index in [0.29, 0.717) is 6.01 Å². The van der Waals surface area contributed by atoms with E-state index < -0.39 is 0 Å². The molecule has 0 atom stereocenters. The molecule has 1 rings (SSSR count). The van der Waals surface area contributed by atoms with Gasteiger partial charge in [0, 0.05) is 7.05 Å². The van der Waals surface area contributed by atoms with Crippen LogP contribution in [0.3, 0.4) is 0 Å². The van der Waals surface area contributed by atoms with E-state index in [1.807, 2.05) is 7.05 Å². The number of nitrogens with zero attached hydrogens (tertiary/aromatic N) is 2. The van der Waals surface area contributed by atoms with Crippen LogP contribution in [-0.4, -0.2) is 16.7 Å². The normalized spacial score (nSPS) is 9.25. The van der Waals surface area contributed by atoms with Crippen molar-refractivity contribution in [2.24, 2.45) is 7.05 Å². The molecule has 1 aromatic heterocycles. The Kier molecular flexibility index (Phi) is 1.20. The van der Waals surface area contributed by atoms with Crippen LogP contribution in [0.4, 0.5) is 0 Å². The Morgan fingerprint density at radius 2 is 2.62 bits per heavy atom. The van der Waals surface area contributed by atoms with Gasteiger partial charge in [-0.25, -0.2) is 4.98 Å². The Hall–Kier alpha value is -0.990. The Bertz CT molecular complexity index is 171. The Balaban J connectivity index is 2.92. The highest BCUT2D eigenvalue weighted by Gasteiger charge is 1.92. The molecule has 0 aliphatic rings. The first-order valence-electron chi connectivity index (χ1n) is 2.28. The van der Waals surface area contributed by atoms with Gasteiger partial charge in [0.1, 0.15) is 0 Å². The summed E-state index contributed by atoms with van der Waals surface area (Å²) >= 11 is 0. The molecule has 43 valence electrons. The number of imidazole rings is 1. The third kappa shape index (κ3) is 0.665. The molecule has 0 bridgehead atoms. The van der Waals surface area contributed by atoms with Gasteiger partial charge in [0.25, 0.3) is 6.01 Å². The molecule has 0 amide bonds. The summed E-state index contributed by atoms with van der Waals surface area (Å²) in [6.45, 7) is 0. The monoisotopic (exact) mass is 111 g/mol. The van der Waals surface area contributed by atoms with Gasteiger partial charge in [0.15, 0.2) is 0 Å². The fourth-order valence-corrected chi connectivity index (χ4v) is 0.502. The third-order valence-electron chi connectivity index (χ3n) is 0.896. The predicted octanol–water partition coefficient (Wildman–Crippen LogP) is 0.229. The second-order valence-electron chi connectivity index (χ2n) is 1.43. The smallest absolute Gasteiger partial charge is 0.296 e. The second kappa shape index (κ2) is 1.86. The quantitative estimate of drug-likeness (QED) is 0.518. The molecule has 3 nitrogen and oxygen atoms in total. The number of hydrogen-bond acceptors (Lipinski definition) is 2. The molecule has 0 spiro atoms. The molecular formula is C5H7N2O. The lowest BCUT2D eigenvalue weighted by atomic mass is 10.9. The Morgan fingerprint density at radius 3 is 2.88 bits per heavy atom. The molecule has 1 radical (unpaired) electrons. The average molecular weight is 111 g/mol. The highest BCUT2D eigenvalue weighted by molar-refractivity contribution is 4.94. The molecule has 1 aromatic rings. The summed E-state index contributed by atoms with van der Waals surface area (Å²) in [6, 6.07) is 0.588. The van der Waals surface area contributed by atoms with Crippen molar-refractivity contribution in [2.45, 2.75) is 0 Å². The minimum Gasteiger partial charge on any atom is -0.468 e. The standard InChI is InChI=1S/C5H7N2O/c1-7-4-3-6-5(7)8-2/h3H,1-2H3. The number of hydrogen-bond donors (Lipinski definition) is 0. The van der Waals surface area contributed by atoms with Gasteiger partial charge in [0.2, 0.25) is 0 Å². The third-order valence-corrected chi connectivity index (χ3v) is 0.896. The van der Waals surface area contributed by atoms with Crippen molar-refractivity contribution < 1.29 is 4.74 Å². The minimum absolute atomic E-state index is 0.588. The Labute approximate surface area is 47.9 Å². The SMILES string of the molecule is COc1nc[c]n1C. The zero-order valence-electron chi connectivity index (χ0n) is 4.88. The van der Waals surface area contributed by atoms with Crippen molar-refractivity contribution in [1.29, 1.82) is 0 Å². The van der Waals surface area contributed by atoms with Crippen molar-refractivity contribution in [1.82, 2.24) is 9.55 Å². The largest absolute Gasteiger partial charge is 0.468 e. The average Bonchev–Trinajstić information content (AvgIpc) is 2.14. The van der Waals surface area contributed by atoms with Gasteiger partial charge < -0.3 is 4.74 Å². The molecule has 0 fully saturated rings. The lowest BCUT2D eigenvalue weighted by molar-refractivity contribution is 0.366. The van der Waals surface area contributed by atoms with E-state index >= 15 is 0 Å². The molecule has 1 heterocycles. The molecule has 0 aliphatic carbocycles. The van der Waals surface area contributed by atoms with Crippen LogP contribution >= 0.6 is 0 Å². The molecule has 3 heteroatoms. The fourth-order valence-electron chi connectivity index (χ4n) is 0.502. The van der Waals surface area contributed by atoms with E-state index in [1.54, 1.807) is 17.9 Å². The van der Waals surface area contributed by atoms with Gasteiger partial charge in [-0.3, -0.25) is 4.57 Å². The van der Waals surface area contributed by atoms with Crippen LogP contribution in [0.5, 0.6) is 6.01 Å². The molecule has 0 saturated heterocycles.